The van der Waals surface area contributed by atoms with Crippen LogP contribution in [0.5, 0.6) is 0 Å². The molecule has 1 aromatic rings. The van der Waals surface area contributed by atoms with E-state index in [2.05, 4.69) is 5.10 Å². The van der Waals surface area contributed by atoms with Gasteiger partial charge in [0.1, 0.15) is 0 Å². The monoisotopic (exact) mass is 324 g/mol. The Hall–Kier alpha value is -2.91. The van der Waals surface area contributed by atoms with Crippen LogP contribution in [0.2, 0.25) is 0 Å². The lowest BCUT2D eigenvalue weighted by Gasteiger charge is -2.13. The molecule has 2 amide bonds. The largest absolute Gasteiger partial charge is 0.390 e. The Bertz CT molecular complexity index is 725. The number of rotatable bonds is 4. The van der Waals surface area contributed by atoms with Crippen LogP contribution in [0.1, 0.15) is 12.2 Å². The van der Waals surface area contributed by atoms with Crippen molar-refractivity contribution in [1.29, 1.82) is 0 Å². The van der Waals surface area contributed by atoms with E-state index >= 15 is 0 Å². The minimum absolute atomic E-state index is 0.145. The highest BCUT2D eigenvalue weighted by Crippen LogP contribution is 2.32. The van der Waals surface area contributed by atoms with Gasteiger partial charge in [-0.1, -0.05) is 24.3 Å². The Balaban J connectivity index is 1.91. The van der Waals surface area contributed by atoms with Crippen LogP contribution in [-0.4, -0.2) is 31.4 Å². The Kier molecular flexibility index (Phi) is 3.51. The SMILES string of the molecule is O=C1C2C=CC=CC2C(=O)N1Cc1cc([N+](=O)[O-])nn1C(F)F. The third-order valence-electron chi connectivity index (χ3n) is 3.73. The molecule has 0 radical (unpaired) electrons. The normalized spacial score (nSPS) is 23.0. The number of carbonyl (C=O) groups is 2. The number of aromatic nitrogens is 2. The van der Waals surface area contributed by atoms with E-state index in [1.165, 1.54) is 0 Å². The van der Waals surface area contributed by atoms with Gasteiger partial charge in [0.05, 0.1) is 35.2 Å². The summed E-state index contributed by atoms with van der Waals surface area (Å²) in [4.78, 5) is 35.1. The number of amides is 2. The number of nitro groups is 1. The van der Waals surface area contributed by atoms with Crippen molar-refractivity contribution >= 4 is 17.6 Å². The maximum Gasteiger partial charge on any atom is 0.390 e. The summed E-state index contributed by atoms with van der Waals surface area (Å²) in [5.41, 5.74) is -0.278. The molecule has 0 N–H and O–H groups in total. The van der Waals surface area contributed by atoms with Gasteiger partial charge >= 0.3 is 12.4 Å². The molecule has 8 nitrogen and oxygen atoms in total. The number of fused-ring (bicyclic) bond motifs is 1. The number of likely N-dealkylation sites (tertiary alicyclic amines) is 1. The fourth-order valence-corrected chi connectivity index (χ4v) is 2.66. The Labute approximate surface area is 127 Å². The van der Waals surface area contributed by atoms with Gasteiger partial charge in [-0.15, -0.1) is 4.68 Å². The third kappa shape index (κ3) is 2.41. The van der Waals surface area contributed by atoms with Crippen molar-refractivity contribution in [3.8, 4) is 0 Å². The molecule has 0 bridgehead atoms. The zero-order chi connectivity index (χ0) is 16.7. The molecule has 23 heavy (non-hydrogen) atoms. The van der Waals surface area contributed by atoms with Crippen molar-refractivity contribution in [2.75, 3.05) is 0 Å². The predicted molar refractivity (Wildman–Crippen MR) is 71.0 cm³/mol. The number of alkyl halides is 2. The molecule has 1 saturated heterocycles. The zero-order valence-electron chi connectivity index (χ0n) is 11.5. The van der Waals surface area contributed by atoms with Crippen LogP contribution in [0.3, 0.4) is 0 Å². The Morgan fingerprint density at radius 2 is 1.78 bits per heavy atom. The molecule has 1 aliphatic carbocycles. The number of nitrogens with zero attached hydrogens (tertiary/aromatic N) is 4. The van der Waals surface area contributed by atoms with Gasteiger partial charge < -0.3 is 10.1 Å². The highest BCUT2D eigenvalue weighted by molar-refractivity contribution is 6.07. The number of imide groups is 1. The first-order valence-corrected chi connectivity index (χ1v) is 6.61. The zero-order valence-corrected chi connectivity index (χ0v) is 11.5. The number of carbonyl (C=O) groups excluding carboxylic acids is 2. The van der Waals surface area contributed by atoms with E-state index in [9.17, 15) is 28.5 Å². The summed E-state index contributed by atoms with van der Waals surface area (Å²) in [5, 5.41) is 13.9. The molecule has 1 fully saturated rings. The van der Waals surface area contributed by atoms with Crippen molar-refractivity contribution in [2.24, 2.45) is 11.8 Å². The summed E-state index contributed by atoms with van der Waals surface area (Å²) in [6, 6.07) is 0.834. The van der Waals surface area contributed by atoms with Gasteiger partial charge in [-0.25, -0.2) is 0 Å². The molecule has 2 unspecified atom stereocenters. The molecular weight excluding hydrogens is 314 g/mol. The highest BCUT2D eigenvalue weighted by atomic mass is 19.3. The number of allylic oxidation sites excluding steroid dienone is 2. The second-order valence-electron chi connectivity index (χ2n) is 5.06. The van der Waals surface area contributed by atoms with Crippen molar-refractivity contribution < 1.29 is 23.3 Å². The van der Waals surface area contributed by atoms with E-state index in [1.54, 1.807) is 24.3 Å². The van der Waals surface area contributed by atoms with Crippen molar-refractivity contribution in [1.82, 2.24) is 14.7 Å². The molecule has 10 heteroatoms. The van der Waals surface area contributed by atoms with Crippen molar-refractivity contribution in [3.63, 3.8) is 0 Å². The van der Waals surface area contributed by atoms with Gasteiger partial charge in [0.25, 0.3) is 0 Å². The van der Waals surface area contributed by atoms with E-state index in [0.29, 0.717) is 0 Å². The molecule has 2 atom stereocenters. The van der Waals surface area contributed by atoms with E-state index in [4.69, 9.17) is 0 Å². The molecule has 1 aromatic heterocycles. The quantitative estimate of drug-likeness (QED) is 0.474. The van der Waals surface area contributed by atoms with E-state index in [-0.39, 0.29) is 10.4 Å². The van der Waals surface area contributed by atoms with Crippen LogP contribution in [-0.2, 0) is 16.1 Å². The average Bonchev–Trinajstić information content (AvgIpc) is 3.04. The molecule has 3 rings (SSSR count). The van der Waals surface area contributed by atoms with Gasteiger partial charge in [-0.2, -0.15) is 8.78 Å². The molecule has 1 aliphatic heterocycles. The fourth-order valence-electron chi connectivity index (χ4n) is 2.66. The summed E-state index contributed by atoms with van der Waals surface area (Å²) < 4.78 is 26.0. The van der Waals surface area contributed by atoms with E-state index < -0.39 is 47.5 Å². The Morgan fingerprint density at radius 1 is 1.22 bits per heavy atom. The molecular formula is C13H10F2N4O4. The van der Waals surface area contributed by atoms with Crippen LogP contribution in [0.15, 0.2) is 30.4 Å². The molecule has 0 saturated carbocycles. The van der Waals surface area contributed by atoms with E-state index in [1.807, 2.05) is 0 Å². The molecule has 120 valence electrons. The molecule has 0 spiro atoms. The minimum Gasteiger partial charge on any atom is -0.358 e. The van der Waals surface area contributed by atoms with Gasteiger partial charge in [-0.3, -0.25) is 14.5 Å². The summed E-state index contributed by atoms with van der Waals surface area (Å²) >= 11 is 0. The van der Waals surface area contributed by atoms with Gasteiger partial charge in [-0.05, 0) is 4.92 Å². The topological polar surface area (TPSA) is 98.3 Å². The lowest BCUT2D eigenvalue weighted by atomic mass is 9.91. The maximum absolute atomic E-state index is 12.9. The molecule has 0 aromatic carbocycles. The average molecular weight is 324 g/mol. The standard InChI is InChI=1S/C13H10F2N4O4/c14-13(15)18-7(5-10(16-18)19(22)23)6-17-11(20)8-3-1-2-4-9(8)12(17)21/h1-5,8-9,13H,6H2. The van der Waals surface area contributed by atoms with Crippen molar-refractivity contribution in [3.05, 3.63) is 46.2 Å². The van der Waals surface area contributed by atoms with Crippen molar-refractivity contribution in [2.45, 2.75) is 13.1 Å². The minimum atomic E-state index is -3.12. The fraction of sp³-hybridized carbons (Fsp3) is 0.308. The lowest BCUT2D eigenvalue weighted by Crippen LogP contribution is -2.31. The second-order valence-corrected chi connectivity index (χ2v) is 5.06. The second kappa shape index (κ2) is 5.38. The number of hydrogen-bond acceptors (Lipinski definition) is 5. The summed E-state index contributed by atoms with van der Waals surface area (Å²) in [5.74, 6) is -3.14. The van der Waals surface area contributed by atoms with Crippen LogP contribution < -0.4 is 0 Å². The summed E-state index contributed by atoms with van der Waals surface area (Å²) in [6.45, 7) is -3.61. The van der Waals surface area contributed by atoms with Gasteiger partial charge in [0.15, 0.2) is 0 Å². The first-order chi connectivity index (χ1) is 10.9. The van der Waals surface area contributed by atoms with Crippen LogP contribution in [0, 0.1) is 22.0 Å². The third-order valence-corrected chi connectivity index (χ3v) is 3.73. The summed E-state index contributed by atoms with van der Waals surface area (Å²) in [7, 11) is 0. The summed E-state index contributed by atoms with van der Waals surface area (Å²) in [6.07, 6.45) is 6.39. The number of halogens is 2. The lowest BCUT2D eigenvalue weighted by molar-refractivity contribution is -0.390. The van der Waals surface area contributed by atoms with Crippen LogP contribution >= 0.6 is 0 Å². The van der Waals surface area contributed by atoms with Crippen LogP contribution in [0.25, 0.3) is 0 Å². The number of hydrogen-bond donors (Lipinski definition) is 0. The maximum atomic E-state index is 12.9. The van der Waals surface area contributed by atoms with Gasteiger partial charge in [0.2, 0.25) is 11.8 Å². The molecule has 2 aliphatic rings. The predicted octanol–water partition coefficient (Wildman–Crippen LogP) is 1.41. The Morgan fingerprint density at radius 3 is 2.26 bits per heavy atom. The van der Waals surface area contributed by atoms with Gasteiger partial charge in [0, 0.05) is 0 Å². The highest BCUT2D eigenvalue weighted by Gasteiger charge is 2.46. The first-order valence-electron chi connectivity index (χ1n) is 6.61. The first kappa shape index (κ1) is 15.0. The molecule has 2 heterocycles. The smallest absolute Gasteiger partial charge is 0.358 e. The van der Waals surface area contributed by atoms with E-state index in [0.717, 1.165) is 11.0 Å². The van der Waals surface area contributed by atoms with Crippen LogP contribution in [0.4, 0.5) is 14.6 Å².